The first-order valence-electron chi connectivity index (χ1n) is 24.7. The van der Waals surface area contributed by atoms with Gasteiger partial charge in [0.1, 0.15) is 24.4 Å². The van der Waals surface area contributed by atoms with Crippen LogP contribution in [0, 0.1) is 30.6 Å². The largest absolute Gasteiger partial charge is 0.462 e. The minimum absolute atomic E-state index is 0.00691. The standard InChI is InChI=1S/C50H78N2O11S/c1-11-13-14-15-16-20-40(53)52(7)38-21-22-42(59-28(38)4)63-39-19-17-18-31(12-2)61-41(54)26-35-36(45(55)27(39)3)25-34-33-23-32(24-37(33)49-44(43(34)35)51-30(6)64-49)62-50-48(58-10)47(57-9)46(56-8)29(5)60-50/h25,27-29,31-35,37-39,42-43,46-48,50H,11-24,26H2,1-10H3/t27-,28?,29?,31+,32+,33+,34+,35-,37-,38+,39+,42?,43-,46+,47?,48?,50+/m1/s1. The number of hydrogen-bond donors (Lipinski definition) is 0. The fourth-order valence-electron chi connectivity index (χ4n) is 12.3. The van der Waals surface area contributed by atoms with Gasteiger partial charge in [-0.15, -0.1) is 11.3 Å². The summed E-state index contributed by atoms with van der Waals surface area (Å²) in [5.41, 5.74) is 1.72. The highest BCUT2D eigenvalue weighted by atomic mass is 32.1. The lowest BCUT2D eigenvalue weighted by atomic mass is 9.67. The summed E-state index contributed by atoms with van der Waals surface area (Å²) in [5, 5.41) is 0.983. The third-order valence-electron chi connectivity index (χ3n) is 15.7. The summed E-state index contributed by atoms with van der Waals surface area (Å²) in [4.78, 5) is 50.6. The van der Waals surface area contributed by atoms with E-state index in [0.29, 0.717) is 37.7 Å². The summed E-state index contributed by atoms with van der Waals surface area (Å²) >= 11 is 1.73. The van der Waals surface area contributed by atoms with Gasteiger partial charge in [0.05, 0.1) is 47.6 Å². The number of aromatic nitrogens is 1. The Kier molecular flexibility index (Phi) is 17.2. The number of nitrogens with zero attached hydrogens (tertiary/aromatic N) is 2. The zero-order valence-corrected chi connectivity index (χ0v) is 41.1. The van der Waals surface area contributed by atoms with Crippen LogP contribution in [-0.2, 0) is 52.3 Å². The minimum Gasteiger partial charge on any atom is -0.462 e. The van der Waals surface area contributed by atoms with Crippen molar-refractivity contribution in [2.75, 3.05) is 28.4 Å². The quantitative estimate of drug-likeness (QED) is 0.123. The number of ketones is 1. The van der Waals surface area contributed by atoms with Crippen molar-refractivity contribution in [3.05, 3.63) is 27.2 Å². The molecule has 17 atom stereocenters. The van der Waals surface area contributed by atoms with Gasteiger partial charge in [-0.2, -0.15) is 0 Å². The Morgan fingerprint density at radius 2 is 1.62 bits per heavy atom. The van der Waals surface area contributed by atoms with E-state index in [1.54, 1.807) is 32.7 Å². The minimum atomic E-state index is -0.645. The number of carbonyl (C=O) groups is 3. The Morgan fingerprint density at radius 1 is 0.875 bits per heavy atom. The summed E-state index contributed by atoms with van der Waals surface area (Å²) in [5.74, 6) is -0.669. The van der Waals surface area contributed by atoms with E-state index in [9.17, 15) is 9.59 Å². The molecule has 6 aliphatic rings. The average molecular weight is 915 g/mol. The number of ether oxygens (including phenoxy) is 8. The van der Waals surface area contributed by atoms with Gasteiger partial charge in [-0.1, -0.05) is 52.5 Å². The maximum absolute atomic E-state index is 15.2. The topological polar surface area (TPSA) is 141 Å². The van der Waals surface area contributed by atoms with Crippen molar-refractivity contribution in [2.45, 2.75) is 217 Å². The first kappa shape index (κ1) is 49.6. The normalized spacial score (nSPS) is 39.1. The summed E-state index contributed by atoms with van der Waals surface area (Å²) in [6.07, 6.45) is 10.7. The maximum Gasteiger partial charge on any atom is 0.306 e. The summed E-state index contributed by atoms with van der Waals surface area (Å²) in [7, 11) is 6.87. The number of fused-ring (bicyclic) bond motifs is 8. The number of thiazole rings is 1. The van der Waals surface area contributed by atoms with E-state index in [0.717, 1.165) is 49.2 Å². The van der Waals surface area contributed by atoms with Gasteiger partial charge in [0, 0.05) is 69.8 Å². The fraction of sp³-hybridized carbons (Fsp3) is 0.840. The molecule has 3 aliphatic heterocycles. The Hall–Kier alpha value is -2.30. The molecule has 0 bridgehead atoms. The van der Waals surface area contributed by atoms with Crippen LogP contribution in [0.2, 0.25) is 0 Å². The van der Waals surface area contributed by atoms with Gasteiger partial charge < -0.3 is 42.8 Å². The second-order valence-corrected chi connectivity index (χ2v) is 20.9. The van der Waals surface area contributed by atoms with E-state index in [1.165, 1.54) is 24.1 Å². The van der Waals surface area contributed by atoms with Gasteiger partial charge >= 0.3 is 5.97 Å². The van der Waals surface area contributed by atoms with Crippen LogP contribution in [0.15, 0.2) is 11.6 Å². The highest BCUT2D eigenvalue weighted by molar-refractivity contribution is 7.11. The number of Topliss-reactive ketones (excluding diaryl/α,β-unsaturated/α-hetero) is 1. The third-order valence-corrected chi connectivity index (χ3v) is 16.8. The molecule has 0 spiro atoms. The molecule has 1 amide bonds. The molecule has 4 heterocycles. The molecule has 0 aromatic carbocycles. The van der Waals surface area contributed by atoms with Crippen LogP contribution in [0.1, 0.15) is 158 Å². The zero-order chi connectivity index (χ0) is 45.8. The second kappa shape index (κ2) is 22.2. The third kappa shape index (κ3) is 10.5. The molecular weight excluding hydrogens is 837 g/mol. The predicted molar refractivity (Wildman–Crippen MR) is 243 cm³/mol. The Balaban J connectivity index is 1.10. The molecule has 3 saturated heterocycles. The van der Waals surface area contributed by atoms with Gasteiger partial charge in [0.2, 0.25) is 5.91 Å². The molecule has 1 aromatic heterocycles. The van der Waals surface area contributed by atoms with Crippen molar-refractivity contribution in [3.63, 3.8) is 0 Å². The maximum atomic E-state index is 15.2. The lowest BCUT2D eigenvalue weighted by Gasteiger charge is -2.44. The van der Waals surface area contributed by atoms with E-state index in [1.807, 2.05) is 32.7 Å². The number of allylic oxidation sites excluding steroid dienone is 2. The number of esters is 1. The fourth-order valence-corrected chi connectivity index (χ4v) is 13.4. The summed E-state index contributed by atoms with van der Waals surface area (Å²) in [6, 6.07) is -0.0276. The number of rotatable bonds is 15. The molecule has 1 aromatic rings. The van der Waals surface area contributed by atoms with E-state index < -0.39 is 30.7 Å². The molecule has 4 fully saturated rings. The SMILES string of the molecule is CCCCCCCC(=O)N(C)[C@H]1CCC(O[C@H]2CCC[C@H](CC)OC(=O)C[C@@H]3C(=C[C@H]4[C@@H]5C[C@H](O[C@@H]6OC(C)[C@H](OC)C(OC)C6OC)C[C@H]5c5sc(C)nc5[C@H]43)C(=O)[C@@H]2C)OC1C. The molecule has 7 rings (SSSR count). The van der Waals surface area contributed by atoms with Crippen LogP contribution in [0.25, 0.3) is 0 Å². The van der Waals surface area contributed by atoms with Gasteiger partial charge in [-0.25, -0.2) is 4.98 Å². The van der Waals surface area contributed by atoms with Crippen LogP contribution in [-0.4, -0.2) is 123 Å². The lowest BCUT2D eigenvalue weighted by Crippen LogP contribution is -2.59. The van der Waals surface area contributed by atoms with Crippen LogP contribution in [0.5, 0.6) is 0 Å². The second-order valence-electron chi connectivity index (χ2n) is 19.7. The van der Waals surface area contributed by atoms with E-state index in [-0.39, 0.29) is 96.3 Å². The molecule has 13 nitrogen and oxygen atoms in total. The van der Waals surface area contributed by atoms with Crippen LogP contribution in [0.3, 0.4) is 0 Å². The van der Waals surface area contributed by atoms with E-state index in [4.69, 9.17) is 42.9 Å². The smallest absolute Gasteiger partial charge is 0.306 e. The molecule has 1 saturated carbocycles. The van der Waals surface area contributed by atoms with Gasteiger partial charge in [0.25, 0.3) is 0 Å². The molecule has 0 N–H and O–H groups in total. The van der Waals surface area contributed by atoms with Gasteiger partial charge in [-0.05, 0) is 89.5 Å². The van der Waals surface area contributed by atoms with Crippen molar-refractivity contribution in [2.24, 2.45) is 23.7 Å². The van der Waals surface area contributed by atoms with Gasteiger partial charge in [-0.3, -0.25) is 14.4 Å². The van der Waals surface area contributed by atoms with Crippen molar-refractivity contribution in [1.29, 1.82) is 0 Å². The molecular formula is C50H78N2O11S. The average Bonchev–Trinajstić information content (AvgIpc) is 3.98. The van der Waals surface area contributed by atoms with E-state index in [2.05, 4.69) is 26.8 Å². The molecule has 64 heavy (non-hydrogen) atoms. The Bertz CT molecular complexity index is 1770. The molecule has 5 unspecified atom stereocenters. The highest BCUT2D eigenvalue weighted by Crippen LogP contribution is 2.62. The van der Waals surface area contributed by atoms with E-state index >= 15 is 4.79 Å². The number of hydrogen-bond acceptors (Lipinski definition) is 13. The predicted octanol–water partition coefficient (Wildman–Crippen LogP) is 8.59. The monoisotopic (exact) mass is 915 g/mol. The highest BCUT2D eigenvalue weighted by Gasteiger charge is 2.57. The number of methoxy groups -OCH3 is 3. The molecule has 3 aliphatic carbocycles. The Labute approximate surface area is 386 Å². The van der Waals surface area contributed by atoms with Crippen molar-refractivity contribution < 1.29 is 52.3 Å². The number of likely N-dealkylation sites (N-methyl/N-ethyl adjacent to an activating group) is 1. The molecule has 0 radical (unpaired) electrons. The zero-order valence-electron chi connectivity index (χ0n) is 40.3. The first-order chi connectivity index (χ1) is 30.8. The van der Waals surface area contributed by atoms with Crippen LogP contribution >= 0.6 is 11.3 Å². The van der Waals surface area contributed by atoms with Crippen molar-refractivity contribution >= 4 is 29.0 Å². The van der Waals surface area contributed by atoms with Crippen LogP contribution in [0.4, 0.5) is 0 Å². The number of cyclic esters (lactones) is 1. The number of amides is 1. The summed E-state index contributed by atoms with van der Waals surface area (Å²) in [6.45, 7) is 12.3. The van der Waals surface area contributed by atoms with Crippen LogP contribution < -0.4 is 0 Å². The van der Waals surface area contributed by atoms with Gasteiger partial charge in [0.15, 0.2) is 18.4 Å². The first-order valence-corrected chi connectivity index (χ1v) is 25.5. The Morgan fingerprint density at radius 3 is 2.33 bits per heavy atom. The summed E-state index contributed by atoms with van der Waals surface area (Å²) < 4.78 is 50.5. The lowest BCUT2D eigenvalue weighted by molar-refractivity contribution is -0.314. The molecule has 14 heteroatoms. The van der Waals surface area contributed by atoms with Crippen molar-refractivity contribution in [3.8, 4) is 0 Å². The molecule has 360 valence electrons. The number of unbranched alkanes of at least 4 members (excludes halogenated alkanes) is 4. The number of carbonyl (C=O) groups excluding carboxylic acids is 3. The number of aryl methyl sites for hydroxylation is 1. The van der Waals surface area contributed by atoms with Crippen molar-refractivity contribution in [1.82, 2.24) is 9.88 Å².